The summed E-state index contributed by atoms with van der Waals surface area (Å²) in [4.78, 5) is 2.41. The van der Waals surface area contributed by atoms with Crippen molar-refractivity contribution in [3.8, 4) is 22.3 Å². The molecule has 9 aromatic carbocycles. The molecule has 0 spiro atoms. The van der Waals surface area contributed by atoms with Gasteiger partial charge in [0.2, 0.25) is 0 Å². The summed E-state index contributed by atoms with van der Waals surface area (Å²) in [5, 5.41) is 4.77. The maximum absolute atomic E-state index is 6.31. The van der Waals surface area contributed by atoms with Gasteiger partial charge in [-0.25, -0.2) is 0 Å². The molecular formula is C55H35NOS. The quantitative estimate of drug-likeness (QED) is 0.168. The van der Waals surface area contributed by atoms with E-state index >= 15 is 0 Å². The zero-order valence-corrected chi connectivity index (χ0v) is 32.3. The lowest BCUT2D eigenvalue weighted by Crippen LogP contribution is -2.29. The summed E-state index contributed by atoms with van der Waals surface area (Å²) in [7, 11) is 0. The molecule has 0 fully saturated rings. The van der Waals surface area contributed by atoms with E-state index in [9.17, 15) is 0 Å². The minimum absolute atomic E-state index is 0.515. The lowest BCUT2D eigenvalue weighted by molar-refractivity contribution is 0.669. The van der Waals surface area contributed by atoms with Gasteiger partial charge < -0.3 is 9.32 Å². The van der Waals surface area contributed by atoms with Crippen molar-refractivity contribution in [1.82, 2.24) is 0 Å². The first-order chi connectivity index (χ1) is 28.8. The van der Waals surface area contributed by atoms with Crippen LogP contribution in [0.3, 0.4) is 0 Å². The molecule has 0 N–H and O–H groups in total. The number of hydrogen-bond acceptors (Lipinski definition) is 3. The fourth-order valence-corrected chi connectivity index (χ4v) is 10.8. The lowest BCUT2D eigenvalue weighted by atomic mass is 9.66. The van der Waals surface area contributed by atoms with E-state index in [0.29, 0.717) is 0 Å². The molecule has 12 rings (SSSR count). The number of fused-ring (bicyclic) bond motifs is 9. The van der Waals surface area contributed by atoms with Crippen molar-refractivity contribution in [3.05, 3.63) is 235 Å². The highest BCUT2D eigenvalue weighted by Crippen LogP contribution is 2.58. The number of benzene rings is 9. The van der Waals surface area contributed by atoms with E-state index in [-0.39, 0.29) is 0 Å². The average molecular weight is 758 g/mol. The Balaban J connectivity index is 1.10. The van der Waals surface area contributed by atoms with Crippen molar-refractivity contribution in [2.45, 2.75) is 5.41 Å². The second kappa shape index (κ2) is 12.9. The first-order valence-corrected chi connectivity index (χ1v) is 20.6. The van der Waals surface area contributed by atoms with Crippen LogP contribution in [-0.4, -0.2) is 0 Å². The van der Waals surface area contributed by atoms with Crippen molar-refractivity contribution in [1.29, 1.82) is 0 Å². The van der Waals surface area contributed by atoms with Crippen LogP contribution >= 0.6 is 11.3 Å². The third-order valence-electron chi connectivity index (χ3n) is 12.1. The Bertz CT molecular complexity index is 3210. The maximum atomic E-state index is 6.31. The van der Waals surface area contributed by atoms with E-state index in [1.165, 1.54) is 59.1 Å². The highest BCUT2D eigenvalue weighted by atomic mass is 32.1. The molecule has 2 heterocycles. The van der Waals surface area contributed by atoms with Crippen LogP contribution in [0.4, 0.5) is 17.1 Å². The van der Waals surface area contributed by atoms with Crippen LogP contribution in [0, 0.1) is 0 Å². The molecule has 1 aliphatic carbocycles. The second-order valence-electron chi connectivity index (χ2n) is 15.2. The SMILES string of the molecule is c1ccc(C2(c3ccccc3-c3cccc(N(c4ccc5oc6ccccc6c5c4)c4ccc5sc6ccccc6c5c4)c3)c3ccccc3-c3ccccc32)cc1. The van der Waals surface area contributed by atoms with Crippen LogP contribution in [0.15, 0.2) is 217 Å². The van der Waals surface area contributed by atoms with E-state index in [2.05, 4.69) is 205 Å². The fraction of sp³-hybridized carbons (Fsp3) is 0.0182. The Labute approximate surface area is 340 Å². The smallest absolute Gasteiger partial charge is 0.135 e. The minimum atomic E-state index is -0.515. The predicted octanol–water partition coefficient (Wildman–Crippen LogP) is 15.5. The average Bonchev–Trinajstić information content (AvgIpc) is 3.95. The molecule has 0 radical (unpaired) electrons. The molecule has 0 atom stereocenters. The largest absolute Gasteiger partial charge is 0.456 e. The van der Waals surface area contributed by atoms with Crippen LogP contribution in [0.2, 0.25) is 0 Å². The number of thiophene rings is 1. The van der Waals surface area contributed by atoms with Crippen LogP contribution < -0.4 is 4.90 Å². The first kappa shape index (κ1) is 33.0. The van der Waals surface area contributed by atoms with E-state index in [1.54, 1.807) is 0 Å². The van der Waals surface area contributed by atoms with E-state index in [4.69, 9.17) is 4.42 Å². The van der Waals surface area contributed by atoms with Crippen LogP contribution in [-0.2, 0) is 5.41 Å². The third-order valence-corrected chi connectivity index (χ3v) is 13.3. The van der Waals surface area contributed by atoms with Gasteiger partial charge >= 0.3 is 0 Å². The zero-order chi connectivity index (χ0) is 38.2. The number of anilines is 3. The molecule has 0 amide bonds. The van der Waals surface area contributed by atoms with Crippen molar-refractivity contribution < 1.29 is 4.42 Å². The van der Waals surface area contributed by atoms with Crippen LogP contribution in [0.25, 0.3) is 64.4 Å². The van der Waals surface area contributed by atoms with Crippen LogP contribution in [0.1, 0.15) is 22.3 Å². The van der Waals surface area contributed by atoms with Gasteiger partial charge in [0.05, 0.1) is 5.41 Å². The number of rotatable bonds is 6. The molecule has 2 aromatic heterocycles. The fourth-order valence-electron chi connectivity index (χ4n) is 9.71. The van der Waals surface area contributed by atoms with Gasteiger partial charge in [-0.15, -0.1) is 11.3 Å². The summed E-state index contributed by atoms with van der Waals surface area (Å²) in [5.74, 6) is 0. The number of furan rings is 1. The highest BCUT2D eigenvalue weighted by molar-refractivity contribution is 7.25. The molecule has 58 heavy (non-hydrogen) atoms. The summed E-state index contributed by atoms with van der Waals surface area (Å²) >= 11 is 1.85. The monoisotopic (exact) mass is 757 g/mol. The zero-order valence-electron chi connectivity index (χ0n) is 31.5. The molecule has 0 aliphatic heterocycles. The molecule has 11 aromatic rings. The molecule has 3 heteroatoms. The van der Waals surface area contributed by atoms with Gasteiger partial charge in [0.25, 0.3) is 0 Å². The van der Waals surface area contributed by atoms with Crippen molar-refractivity contribution in [2.24, 2.45) is 0 Å². The van der Waals surface area contributed by atoms with Gasteiger partial charge in [-0.3, -0.25) is 0 Å². The molecular weight excluding hydrogens is 723 g/mol. The van der Waals surface area contributed by atoms with E-state index in [1.807, 2.05) is 23.5 Å². The topological polar surface area (TPSA) is 16.4 Å². The molecule has 272 valence electrons. The van der Waals surface area contributed by atoms with Gasteiger partial charge in [-0.05, 0) is 105 Å². The van der Waals surface area contributed by atoms with Crippen molar-refractivity contribution in [2.75, 3.05) is 4.90 Å². The normalized spacial score (nSPS) is 13.0. The van der Waals surface area contributed by atoms with Gasteiger partial charge in [-0.2, -0.15) is 0 Å². The molecule has 0 saturated carbocycles. The maximum Gasteiger partial charge on any atom is 0.135 e. The number of hydrogen-bond donors (Lipinski definition) is 0. The molecule has 0 bridgehead atoms. The van der Waals surface area contributed by atoms with Gasteiger partial charge in [-0.1, -0.05) is 152 Å². The second-order valence-corrected chi connectivity index (χ2v) is 16.3. The Kier molecular flexibility index (Phi) is 7.35. The summed E-state index contributed by atoms with van der Waals surface area (Å²) in [6.07, 6.45) is 0. The highest BCUT2D eigenvalue weighted by Gasteiger charge is 2.47. The Morgan fingerprint density at radius 1 is 0.362 bits per heavy atom. The van der Waals surface area contributed by atoms with Gasteiger partial charge in [0.1, 0.15) is 11.2 Å². The van der Waals surface area contributed by atoms with Crippen LogP contribution in [0.5, 0.6) is 0 Å². The van der Waals surface area contributed by atoms with E-state index < -0.39 is 5.41 Å². The predicted molar refractivity (Wildman–Crippen MR) is 244 cm³/mol. The summed E-state index contributed by atoms with van der Waals surface area (Å²) in [5.41, 5.74) is 14.6. The molecule has 1 aliphatic rings. The Hall–Kier alpha value is -7.20. The molecule has 0 saturated heterocycles. The van der Waals surface area contributed by atoms with E-state index in [0.717, 1.165) is 44.6 Å². The lowest BCUT2D eigenvalue weighted by Gasteiger charge is -2.35. The number of para-hydroxylation sites is 1. The summed E-state index contributed by atoms with van der Waals surface area (Å²) in [6, 6.07) is 77.7. The standard InChI is InChI=1S/C55H35NOS/c1-2-16-37(17-3-1)55(49-25-10-5-20-42(49)43-21-6-11-26-50(43)55)48-24-9-4-19-41(48)36-15-14-18-38(33-36)56(39-29-31-52-46(34-39)44-22-7-12-27-51(44)57-52)40-30-32-54-47(35-40)45-23-8-13-28-53(45)58-54/h1-35H. The number of nitrogens with zero attached hydrogens (tertiary/aromatic N) is 1. The third kappa shape index (κ3) is 4.84. The minimum Gasteiger partial charge on any atom is -0.456 e. The van der Waals surface area contributed by atoms with Crippen molar-refractivity contribution >= 4 is 70.5 Å². The molecule has 0 unspecified atom stereocenters. The summed E-state index contributed by atoms with van der Waals surface area (Å²) < 4.78 is 8.90. The Morgan fingerprint density at radius 2 is 0.914 bits per heavy atom. The van der Waals surface area contributed by atoms with Crippen molar-refractivity contribution in [3.63, 3.8) is 0 Å². The molecule has 2 nitrogen and oxygen atoms in total. The summed E-state index contributed by atoms with van der Waals surface area (Å²) in [6.45, 7) is 0. The van der Waals surface area contributed by atoms with Gasteiger partial charge in [0.15, 0.2) is 0 Å². The Morgan fingerprint density at radius 3 is 1.69 bits per heavy atom. The first-order valence-electron chi connectivity index (χ1n) is 19.8. The van der Waals surface area contributed by atoms with Gasteiger partial charge in [0, 0.05) is 48.0 Å².